The van der Waals surface area contributed by atoms with Crippen molar-refractivity contribution >= 4 is 5.91 Å². The van der Waals surface area contributed by atoms with Gasteiger partial charge in [0.05, 0.1) is 6.54 Å². The molecule has 1 aliphatic rings. The van der Waals surface area contributed by atoms with Gasteiger partial charge in [0.25, 0.3) is 11.5 Å². The highest BCUT2D eigenvalue weighted by atomic mass is 16.5. The number of hydrogen-bond acceptors (Lipinski definition) is 6. The van der Waals surface area contributed by atoms with E-state index in [-0.39, 0.29) is 18.5 Å². The fourth-order valence-electron chi connectivity index (χ4n) is 2.34. The van der Waals surface area contributed by atoms with Gasteiger partial charge in [-0.15, -0.1) is 4.74 Å². The molecule has 19 heavy (non-hydrogen) atoms. The van der Waals surface area contributed by atoms with Crippen molar-refractivity contribution in [1.29, 1.82) is 0 Å². The van der Waals surface area contributed by atoms with Gasteiger partial charge in [0.1, 0.15) is 5.76 Å². The molecule has 2 N–H and O–H groups in total. The van der Waals surface area contributed by atoms with Gasteiger partial charge in [-0.2, -0.15) is 0 Å². The van der Waals surface area contributed by atoms with Crippen molar-refractivity contribution in [3.63, 3.8) is 0 Å². The average Bonchev–Trinajstić information content (AvgIpc) is 2.70. The first-order valence-corrected chi connectivity index (χ1v) is 6.37. The Balaban J connectivity index is 2.06. The Hall–Kier alpha value is -1.44. The Morgan fingerprint density at radius 3 is 2.84 bits per heavy atom. The molecule has 1 aromatic heterocycles. The fourth-order valence-corrected chi connectivity index (χ4v) is 2.34. The van der Waals surface area contributed by atoms with Gasteiger partial charge in [0.2, 0.25) is 0 Å². The van der Waals surface area contributed by atoms with E-state index >= 15 is 0 Å². The number of aromatic nitrogens is 1. The summed E-state index contributed by atoms with van der Waals surface area (Å²) < 4.78 is 5.91. The van der Waals surface area contributed by atoms with Crippen LogP contribution in [0.2, 0.25) is 0 Å². The van der Waals surface area contributed by atoms with Gasteiger partial charge in [0.15, 0.2) is 0 Å². The molecule has 1 unspecified atom stereocenters. The summed E-state index contributed by atoms with van der Waals surface area (Å²) in [5.41, 5.74) is 5.32. The smallest absolute Gasteiger partial charge is 0.290 e. The van der Waals surface area contributed by atoms with E-state index in [1.165, 1.54) is 6.07 Å². The lowest BCUT2D eigenvalue weighted by atomic mass is 10.1. The molecule has 0 saturated carbocycles. The Morgan fingerprint density at radius 1 is 1.53 bits per heavy atom. The lowest BCUT2D eigenvalue weighted by Crippen LogP contribution is -2.56. The molecule has 0 amide bonds. The van der Waals surface area contributed by atoms with Crippen molar-refractivity contribution in [2.45, 2.75) is 13.0 Å². The zero-order valence-corrected chi connectivity index (χ0v) is 11.3. The first kappa shape index (κ1) is 14.0. The van der Waals surface area contributed by atoms with E-state index in [2.05, 4.69) is 4.90 Å². The Labute approximate surface area is 111 Å². The molecule has 0 bridgehead atoms. The predicted octanol–water partition coefficient (Wildman–Crippen LogP) is -1.04. The number of carbonyl (C=O) groups excluding carboxylic acids is 1. The number of nitrogens with zero attached hydrogens (tertiary/aromatic N) is 3. The summed E-state index contributed by atoms with van der Waals surface area (Å²) in [6, 6.07) is 1.44. The molecular weight excluding hydrogens is 248 g/mol. The maximum atomic E-state index is 12.1. The van der Waals surface area contributed by atoms with Crippen LogP contribution in [-0.2, 0) is 0 Å². The highest BCUT2D eigenvalue weighted by Gasteiger charge is 2.27. The molecule has 7 heteroatoms. The van der Waals surface area contributed by atoms with E-state index in [4.69, 9.17) is 10.3 Å². The predicted molar refractivity (Wildman–Crippen MR) is 70.2 cm³/mol. The molecule has 0 radical (unpaired) electrons. The Bertz CT molecular complexity index is 507. The van der Waals surface area contributed by atoms with Crippen LogP contribution in [0, 0.1) is 6.92 Å². The highest BCUT2D eigenvalue weighted by molar-refractivity contribution is 5.79. The number of piperazine rings is 1. The SMILES string of the molecule is Cc1cc(=O)n(C(=O)CN2CCN(C)CC2CN)o1. The van der Waals surface area contributed by atoms with E-state index in [0.717, 1.165) is 24.4 Å². The average molecular weight is 268 g/mol. The Kier molecular flexibility index (Phi) is 4.18. The van der Waals surface area contributed by atoms with Crippen LogP contribution in [0.3, 0.4) is 0 Å². The third-order valence-corrected chi connectivity index (χ3v) is 3.41. The molecule has 106 valence electrons. The van der Waals surface area contributed by atoms with Crippen LogP contribution < -0.4 is 11.3 Å². The summed E-state index contributed by atoms with van der Waals surface area (Å²) in [5, 5.41) is 0. The van der Waals surface area contributed by atoms with Gasteiger partial charge in [0, 0.05) is 38.3 Å². The second-order valence-corrected chi connectivity index (χ2v) is 4.99. The lowest BCUT2D eigenvalue weighted by Gasteiger charge is -2.38. The standard InChI is InChI=1S/C12H20N4O3/c1-9-5-11(17)16(19-9)12(18)8-15-4-3-14(2)7-10(15)6-13/h5,10H,3-4,6-8,13H2,1-2H3. The maximum absolute atomic E-state index is 12.1. The molecule has 2 heterocycles. The first-order chi connectivity index (χ1) is 9.01. The summed E-state index contributed by atoms with van der Waals surface area (Å²) in [6.07, 6.45) is 0. The zero-order chi connectivity index (χ0) is 14.0. The van der Waals surface area contributed by atoms with Crippen molar-refractivity contribution in [3.05, 3.63) is 22.2 Å². The normalized spacial score (nSPS) is 21.7. The second kappa shape index (κ2) is 5.68. The molecule has 2 rings (SSSR count). The van der Waals surface area contributed by atoms with E-state index < -0.39 is 5.56 Å². The number of aryl methyl sites for hydroxylation is 1. The first-order valence-electron chi connectivity index (χ1n) is 6.37. The van der Waals surface area contributed by atoms with Crippen molar-refractivity contribution < 1.29 is 9.32 Å². The molecule has 7 nitrogen and oxygen atoms in total. The van der Waals surface area contributed by atoms with E-state index in [0.29, 0.717) is 12.3 Å². The van der Waals surface area contributed by atoms with Crippen molar-refractivity contribution in [3.8, 4) is 0 Å². The van der Waals surface area contributed by atoms with Crippen LogP contribution in [0.5, 0.6) is 0 Å². The van der Waals surface area contributed by atoms with E-state index in [1.807, 2.05) is 11.9 Å². The van der Waals surface area contributed by atoms with Crippen LogP contribution in [0.25, 0.3) is 0 Å². The van der Waals surface area contributed by atoms with Gasteiger partial charge in [-0.05, 0) is 14.0 Å². The molecule has 1 aliphatic heterocycles. The minimum atomic E-state index is -0.416. The third-order valence-electron chi connectivity index (χ3n) is 3.41. The van der Waals surface area contributed by atoms with E-state index in [9.17, 15) is 9.59 Å². The minimum absolute atomic E-state index is 0.134. The van der Waals surface area contributed by atoms with Crippen LogP contribution in [0.1, 0.15) is 10.6 Å². The van der Waals surface area contributed by atoms with Crippen molar-refractivity contribution in [1.82, 2.24) is 14.5 Å². The number of likely N-dealkylation sites (N-methyl/N-ethyl adjacent to an activating group) is 1. The summed E-state index contributed by atoms with van der Waals surface area (Å²) in [6.45, 7) is 4.76. The second-order valence-electron chi connectivity index (χ2n) is 4.99. The molecule has 1 saturated heterocycles. The number of carbonyl (C=O) groups is 1. The van der Waals surface area contributed by atoms with Gasteiger partial charge < -0.3 is 15.2 Å². The largest absolute Gasteiger partial charge is 0.373 e. The zero-order valence-electron chi connectivity index (χ0n) is 11.3. The molecule has 1 aromatic rings. The molecular formula is C12H20N4O3. The van der Waals surface area contributed by atoms with Gasteiger partial charge in [-0.25, -0.2) is 0 Å². The van der Waals surface area contributed by atoms with Crippen molar-refractivity contribution in [2.75, 3.05) is 39.8 Å². The van der Waals surface area contributed by atoms with Crippen molar-refractivity contribution in [2.24, 2.45) is 5.73 Å². The number of hydrogen-bond donors (Lipinski definition) is 1. The monoisotopic (exact) mass is 268 g/mol. The van der Waals surface area contributed by atoms with Gasteiger partial charge in [-0.3, -0.25) is 14.5 Å². The topological polar surface area (TPSA) is 84.7 Å². The minimum Gasteiger partial charge on any atom is -0.373 e. The highest BCUT2D eigenvalue weighted by Crippen LogP contribution is 2.07. The third kappa shape index (κ3) is 3.12. The molecule has 1 atom stereocenters. The summed E-state index contributed by atoms with van der Waals surface area (Å²) in [4.78, 5) is 27.8. The molecule has 0 spiro atoms. The number of rotatable bonds is 3. The number of nitrogens with two attached hydrogens (primary N) is 1. The van der Waals surface area contributed by atoms with Crippen LogP contribution in [0.15, 0.2) is 15.4 Å². The quantitative estimate of drug-likeness (QED) is 0.754. The van der Waals surface area contributed by atoms with Gasteiger partial charge in [-0.1, -0.05) is 0 Å². The summed E-state index contributed by atoms with van der Waals surface area (Å²) in [5.74, 6) is 0.0909. The van der Waals surface area contributed by atoms with Crippen LogP contribution >= 0.6 is 0 Å². The van der Waals surface area contributed by atoms with Crippen LogP contribution in [0.4, 0.5) is 0 Å². The van der Waals surface area contributed by atoms with E-state index in [1.54, 1.807) is 6.92 Å². The molecule has 1 fully saturated rings. The van der Waals surface area contributed by atoms with Crippen LogP contribution in [-0.4, -0.2) is 66.3 Å². The van der Waals surface area contributed by atoms with Gasteiger partial charge >= 0.3 is 0 Å². The summed E-state index contributed by atoms with van der Waals surface area (Å²) in [7, 11) is 2.03. The lowest BCUT2D eigenvalue weighted by molar-refractivity contribution is 0.0556. The molecule has 0 aliphatic carbocycles. The fraction of sp³-hybridized carbons (Fsp3) is 0.667. The summed E-state index contributed by atoms with van der Waals surface area (Å²) >= 11 is 0. The maximum Gasteiger partial charge on any atom is 0.290 e. The Morgan fingerprint density at radius 2 is 2.26 bits per heavy atom. The molecule has 0 aromatic carbocycles.